The van der Waals surface area contributed by atoms with Crippen LogP contribution in [0.15, 0.2) is 48.5 Å². The average Bonchev–Trinajstić information content (AvgIpc) is 2.62. The highest BCUT2D eigenvalue weighted by atomic mass is 19.1. The Morgan fingerprint density at radius 3 is 2.27 bits per heavy atom. The molecule has 3 N–H and O–H groups in total. The van der Waals surface area contributed by atoms with Gasteiger partial charge in [-0.25, -0.2) is 9.18 Å². The number of anilines is 2. The largest absolute Gasteiger partial charge is 0.341 e. The summed E-state index contributed by atoms with van der Waals surface area (Å²) in [5.74, 6) is -0.680. The SMILES string of the molecule is CNC(=O)Nc1ccc(NC(=O)c2cc3ccc(F)cc3nc2C)cc1. The predicted octanol–water partition coefficient (Wildman–Crippen LogP) is 3.69. The van der Waals surface area contributed by atoms with E-state index in [0.717, 1.165) is 0 Å². The number of aryl methyl sites for hydroxylation is 1. The second kappa shape index (κ2) is 7.18. The molecular formula is C19H17FN4O2. The smallest absolute Gasteiger partial charge is 0.318 e. The summed E-state index contributed by atoms with van der Waals surface area (Å²) in [5.41, 5.74) is 2.61. The van der Waals surface area contributed by atoms with Gasteiger partial charge in [-0.05, 0) is 49.4 Å². The molecule has 0 aliphatic heterocycles. The molecule has 1 heterocycles. The van der Waals surface area contributed by atoms with Crippen LogP contribution in [0.2, 0.25) is 0 Å². The zero-order valence-corrected chi connectivity index (χ0v) is 14.3. The summed E-state index contributed by atoms with van der Waals surface area (Å²) < 4.78 is 13.3. The Morgan fingerprint density at radius 1 is 0.962 bits per heavy atom. The fourth-order valence-electron chi connectivity index (χ4n) is 2.50. The molecule has 0 bridgehead atoms. The van der Waals surface area contributed by atoms with Gasteiger partial charge in [0.1, 0.15) is 5.82 Å². The number of carbonyl (C=O) groups excluding carboxylic acids is 2. The molecular weight excluding hydrogens is 335 g/mol. The lowest BCUT2D eigenvalue weighted by atomic mass is 10.1. The van der Waals surface area contributed by atoms with Crippen LogP contribution < -0.4 is 16.0 Å². The summed E-state index contributed by atoms with van der Waals surface area (Å²) in [6.45, 7) is 1.70. The third kappa shape index (κ3) is 3.77. The van der Waals surface area contributed by atoms with E-state index < -0.39 is 0 Å². The fraction of sp³-hybridized carbons (Fsp3) is 0.105. The summed E-state index contributed by atoms with van der Waals surface area (Å²) in [7, 11) is 1.53. The first kappa shape index (κ1) is 17.3. The summed E-state index contributed by atoms with van der Waals surface area (Å²) in [4.78, 5) is 28.1. The molecule has 0 atom stereocenters. The Morgan fingerprint density at radius 2 is 1.62 bits per heavy atom. The second-order valence-corrected chi connectivity index (χ2v) is 5.69. The van der Waals surface area contributed by atoms with Crippen LogP contribution in [0.1, 0.15) is 16.1 Å². The number of aromatic nitrogens is 1. The first-order valence-electron chi connectivity index (χ1n) is 7.93. The second-order valence-electron chi connectivity index (χ2n) is 5.69. The minimum absolute atomic E-state index is 0.312. The molecule has 6 nitrogen and oxygen atoms in total. The van der Waals surface area contributed by atoms with Gasteiger partial charge in [0.05, 0.1) is 16.8 Å². The molecule has 0 saturated carbocycles. The number of halogens is 1. The lowest BCUT2D eigenvalue weighted by Gasteiger charge is -2.10. The highest BCUT2D eigenvalue weighted by Gasteiger charge is 2.12. The molecule has 0 saturated heterocycles. The predicted molar refractivity (Wildman–Crippen MR) is 98.9 cm³/mol. The van der Waals surface area contributed by atoms with Crippen LogP contribution >= 0.6 is 0 Å². The van der Waals surface area contributed by atoms with Crippen molar-refractivity contribution < 1.29 is 14.0 Å². The van der Waals surface area contributed by atoms with E-state index in [1.165, 1.54) is 19.2 Å². The summed E-state index contributed by atoms with van der Waals surface area (Å²) in [6.07, 6.45) is 0. The van der Waals surface area contributed by atoms with Crippen LogP contribution in [0.3, 0.4) is 0 Å². The van der Waals surface area contributed by atoms with Gasteiger partial charge in [0.15, 0.2) is 0 Å². The van der Waals surface area contributed by atoms with Gasteiger partial charge in [-0.15, -0.1) is 0 Å². The normalized spacial score (nSPS) is 10.4. The number of hydrogen-bond acceptors (Lipinski definition) is 3. The van der Waals surface area contributed by atoms with Gasteiger partial charge in [-0.3, -0.25) is 9.78 Å². The fourth-order valence-corrected chi connectivity index (χ4v) is 2.50. The average molecular weight is 352 g/mol. The number of fused-ring (bicyclic) bond motifs is 1. The summed E-state index contributed by atoms with van der Waals surface area (Å²) >= 11 is 0. The number of hydrogen-bond donors (Lipinski definition) is 3. The van der Waals surface area contributed by atoms with E-state index in [4.69, 9.17) is 0 Å². The molecule has 0 radical (unpaired) electrons. The maximum Gasteiger partial charge on any atom is 0.318 e. The number of urea groups is 1. The first-order chi connectivity index (χ1) is 12.5. The van der Waals surface area contributed by atoms with Gasteiger partial charge in [0, 0.05) is 29.9 Å². The third-order valence-electron chi connectivity index (χ3n) is 3.84. The Labute approximate surface area is 149 Å². The molecule has 3 rings (SSSR count). The third-order valence-corrected chi connectivity index (χ3v) is 3.84. The molecule has 0 spiro atoms. The van der Waals surface area contributed by atoms with E-state index in [2.05, 4.69) is 20.9 Å². The molecule has 1 aromatic heterocycles. The molecule has 2 aromatic carbocycles. The van der Waals surface area contributed by atoms with Crippen LogP contribution in [0.4, 0.5) is 20.6 Å². The van der Waals surface area contributed by atoms with Crippen LogP contribution in [0.5, 0.6) is 0 Å². The minimum atomic E-state index is -0.368. The van der Waals surface area contributed by atoms with Crippen molar-refractivity contribution in [3.8, 4) is 0 Å². The molecule has 0 aliphatic rings. The molecule has 26 heavy (non-hydrogen) atoms. The van der Waals surface area contributed by atoms with Gasteiger partial charge < -0.3 is 16.0 Å². The van der Waals surface area contributed by atoms with Crippen LogP contribution in [-0.2, 0) is 0 Å². The van der Waals surface area contributed by atoms with E-state index >= 15 is 0 Å². The molecule has 0 fully saturated rings. The van der Waals surface area contributed by atoms with Crippen molar-refractivity contribution >= 4 is 34.2 Å². The Kier molecular flexibility index (Phi) is 4.79. The summed E-state index contributed by atoms with van der Waals surface area (Å²) in [6, 6.07) is 12.3. The van der Waals surface area contributed by atoms with Crippen molar-refractivity contribution in [1.29, 1.82) is 0 Å². The number of rotatable bonds is 3. The van der Waals surface area contributed by atoms with Crippen molar-refractivity contribution in [2.75, 3.05) is 17.7 Å². The number of pyridine rings is 1. The molecule has 0 unspecified atom stereocenters. The standard InChI is InChI=1S/C19H17FN4O2/c1-11-16(9-12-3-4-13(20)10-17(12)22-11)18(25)23-14-5-7-15(8-6-14)24-19(26)21-2/h3-10H,1-2H3,(H,23,25)(H2,21,24,26). The maximum atomic E-state index is 13.3. The lowest BCUT2D eigenvalue weighted by Crippen LogP contribution is -2.24. The van der Waals surface area contributed by atoms with Crippen LogP contribution in [0.25, 0.3) is 10.9 Å². The van der Waals surface area contributed by atoms with Crippen molar-refractivity contribution in [3.05, 3.63) is 65.6 Å². The Balaban J connectivity index is 1.79. The van der Waals surface area contributed by atoms with Crippen LogP contribution in [0, 0.1) is 12.7 Å². The highest BCUT2D eigenvalue weighted by Crippen LogP contribution is 2.20. The number of benzene rings is 2. The maximum absolute atomic E-state index is 13.3. The monoisotopic (exact) mass is 352 g/mol. The zero-order chi connectivity index (χ0) is 18.7. The van der Waals surface area contributed by atoms with E-state index in [-0.39, 0.29) is 17.8 Å². The first-order valence-corrected chi connectivity index (χ1v) is 7.93. The van der Waals surface area contributed by atoms with Crippen molar-refractivity contribution in [2.24, 2.45) is 0 Å². The number of nitrogens with one attached hydrogen (secondary N) is 3. The summed E-state index contributed by atoms with van der Waals surface area (Å²) in [5, 5.41) is 8.57. The number of amides is 3. The highest BCUT2D eigenvalue weighted by molar-refractivity contribution is 6.06. The van der Waals surface area contributed by atoms with Gasteiger partial charge in [-0.2, -0.15) is 0 Å². The van der Waals surface area contributed by atoms with E-state index in [9.17, 15) is 14.0 Å². The topological polar surface area (TPSA) is 83.1 Å². The molecule has 7 heteroatoms. The van der Waals surface area contributed by atoms with E-state index in [1.54, 1.807) is 43.3 Å². The Hall–Kier alpha value is -3.48. The lowest BCUT2D eigenvalue weighted by molar-refractivity contribution is 0.102. The van der Waals surface area contributed by atoms with Gasteiger partial charge in [-0.1, -0.05) is 0 Å². The van der Waals surface area contributed by atoms with Crippen molar-refractivity contribution in [1.82, 2.24) is 10.3 Å². The molecule has 3 amide bonds. The zero-order valence-electron chi connectivity index (χ0n) is 14.3. The minimum Gasteiger partial charge on any atom is -0.341 e. The Bertz CT molecular complexity index is 987. The van der Waals surface area contributed by atoms with Crippen molar-refractivity contribution in [3.63, 3.8) is 0 Å². The van der Waals surface area contributed by atoms with Crippen LogP contribution in [-0.4, -0.2) is 24.0 Å². The van der Waals surface area contributed by atoms with E-state index in [0.29, 0.717) is 33.5 Å². The van der Waals surface area contributed by atoms with E-state index in [1.807, 2.05) is 0 Å². The molecule has 3 aromatic rings. The van der Waals surface area contributed by atoms with Gasteiger partial charge in [0.2, 0.25) is 0 Å². The van der Waals surface area contributed by atoms with Gasteiger partial charge >= 0.3 is 6.03 Å². The molecule has 132 valence electrons. The van der Waals surface area contributed by atoms with Crippen molar-refractivity contribution in [2.45, 2.75) is 6.92 Å². The number of carbonyl (C=O) groups is 2. The number of nitrogens with zero attached hydrogens (tertiary/aromatic N) is 1. The quantitative estimate of drug-likeness (QED) is 0.672. The molecule has 0 aliphatic carbocycles. The van der Waals surface area contributed by atoms with Gasteiger partial charge in [0.25, 0.3) is 5.91 Å².